The first kappa shape index (κ1) is 19.4. The molecule has 0 saturated heterocycles. The van der Waals surface area contributed by atoms with Gasteiger partial charge in [0.25, 0.3) is 11.7 Å². The maximum Gasteiger partial charge on any atom is 0.433 e. The highest BCUT2D eigenvalue weighted by atomic mass is 19.4. The van der Waals surface area contributed by atoms with Crippen molar-refractivity contribution < 1.29 is 18.0 Å². The first-order valence-electron chi connectivity index (χ1n) is 9.52. The summed E-state index contributed by atoms with van der Waals surface area (Å²) in [7, 11) is 1.65. The zero-order chi connectivity index (χ0) is 20.6. The Bertz CT molecular complexity index is 1030. The van der Waals surface area contributed by atoms with Crippen LogP contribution in [0.5, 0.6) is 0 Å². The number of fused-ring (bicyclic) bond motifs is 1. The van der Waals surface area contributed by atoms with Crippen LogP contribution in [0, 0.1) is 0 Å². The molecule has 29 heavy (non-hydrogen) atoms. The Morgan fingerprint density at radius 1 is 1.10 bits per heavy atom. The fraction of sp³-hybridized carbons (Fsp3) is 0.400. The highest BCUT2D eigenvalue weighted by Gasteiger charge is 2.36. The van der Waals surface area contributed by atoms with Crippen molar-refractivity contribution in [2.75, 3.05) is 7.05 Å². The number of nitrogens with zero attached hydrogens (tertiary/aromatic N) is 5. The molecule has 3 aromatic rings. The van der Waals surface area contributed by atoms with Crippen molar-refractivity contribution in [2.45, 2.75) is 44.3 Å². The normalized spacial score (nSPS) is 15.6. The van der Waals surface area contributed by atoms with Crippen LogP contribution in [-0.4, -0.2) is 43.5 Å². The lowest BCUT2D eigenvalue weighted by molar-refractivity contribution is -0.142. The molecule has 2 aromatic heterocycles. The van der Waals surface area contributed by atoms with Crippen molar-refractivity contribution in [1.82, 2.24) is 24.5 Å². The predicted octanol–water partition coefficient (Wildman–Crippen LogP) is 4.21. The van der Waals surface area contributed by atoms with Crippen molar-refractivity contribution in [1.29, 1.82) is 0 Å². The summed E-state index contributed by atoms with van der Waals surface area (Å²) >= 11 is 0. The monoisotopic (exact) mass is 403 g/mol. The number of rotatable bonds is 3. The van der Waals surface area contributed by atoms with Gasteiger partial charge in [0.05, 0.1) is 5.69 Å². The maximum absolute atomic E-state index is 13.7. The molecule has 1 aliphatic rings. The van der Waals surface area contributed by atoms with Gasteiger partial charge >= 0.3 is 6.18 Å². The van der Waals surface area contributed by atoms with E-state index in [9.17, 15) is 18.0 Å². The van der Waals surface area contributed by atoms with Gasteiger partial charge in [0.15, 0.2) is 5.69 Å². The summed E-state index contributed by atoms with van der Waals surface area (Å²) in [5.41, 5.74) is -0.374. The molecule has 1 amide bonds. The van der Waals surface area contributed by atoms with Crippen molar-refractivity contribution in [3.63, 3.8) is 0 Å². The van der Waals surface area contributed by atoms with E-state index < -0.39 is 17.8 Å². The molecule has 0 unspecified atom stereocenters. The zero-order valence-electron chi connectivity index (χ0n) is 15.9. The molecule has 1 fully saturated rings. The van der Waals surface area contributed by atoms with E-state index in [1.165, 1.54) is 0 Å². The molecule has 0 radical (unpaired) electrons. The molecular weight excluding hydrogens is 383 g/mol. The van der Waals surface area contributed by atoms with E-state index in [0.717, 1.165) is 38.2 Å². The topological polar surface area (TPSA) is 63.4 Å². The quantitative estimate of drug-likeness (QED) is 0.657. The average Bonchev–Trinajstić information content (AvgIpc) is 3.16. The van der Waals surface area contributed by atoms with Gasteiger partial charge in [0.2, 0.25) is 5.82 Å². The molecule has 0 atom stereocenters. The number of carbonyl (C=O) groups excluding carboxylic acids is 1. The summed E-state index contributed by atoms with van der Waals surface area (Å²) in [6.45, 7) is 0. The van der Waals surface area contributed by atoms with Crippen LogP contribution in [-0.2, 0) is 6.18 Å². The lowest BCUT2D eigenvalue weighted by Crippen LogP contribution is -2.38. The van der Waals surface area contributed by atoms with Crippen LogP contribution < -0.4 is 0 Å². The fourth-order valence-electron chi connectivity index (χ4n) is 3.71. The zero-order valence-corrected chi connectivity index (χ0v) is 15.9. The van der Waals surface area contributed by atoms with Gasteiger partial charge in [-0.15, -0.1) is 5.10 Å². The molecule has 6 nitrogen and oxygen atoms in total. The molecule has 2 heterocycles. The lowest BCUT2D eigenvalue weighted by atomic mass is 9.94. The van der Waals surface area contributed by atoms with Crippen molar-refractivity contribution >= 4 is 11.7 Å². The second-order valence-corrected chi connectivity index (χ2v) is 7.25. The molecule has 1 aliphatic carbocycles. The number of alkyl halides is 3. The van der Waals surface area contributed by atoms with Gasteiger partial charge in [-0.1, -0.05) is 49.6 Å². The minimum Gasteiger partial charge on any atom is -0.336 e. The van der Waals surface area contributed by atoms with E-state index in [1.54, 1.807) is 42.3 Å². The number of hydrogen-bond donors (Lipinski definition) is 0. The first-order valence-corrected chi connectivity index (χ1v) is 9.52. The van der Waals surface area contributed by atoms with E-state index in [1.807, 2.05) is 0 Å². The minimum absolute atomic E-state index is 0.0535. The van der Waals surface area contributed by atoms with Crippen LogP contribution in [0.15, 0.2) is 36.4 Å². The van der Waals surface area contributed by atoms with Gasteiger partial charge in [-0.05, 0) is 18.9 Å². The Balaban J connectivity index is 1.77. The van der Waals surface area contributed by atoms with Gasteiger partial charge in [-0.25, -0.2) is 4.98 Å². The summed E-state index contributed by atoms with van der Waals surface area (Å²) in [4.78, 5) is 22.6. The molecule has 152 valence electrons. The second-order valence-electron chi connectivity index (χ2n) is 7.25. The van der Waals surface area contributed by atoms with Gasteiger partial charge in [0, 0.05) is 18.7 Å². The van der Waals surface area contributed by atoms with E-state index in [0.29, 0.717) is 10.1 Å². The first-order chi connectivity index (χ1) is 13.8. The molecule has 4 rings (SSSR count). The van der Waals surface area contributed by atoms with Crippen molar-refractivity contribution in [2.24, 2.45) is 0 Å². The Labute approximate surface area is 165 Å². The summed E-state index contributed by atoms with van der Waals surface area (Å²) < 4.78 is 41.6. The molecular formula is C20H20F3N5O. The molecule has 1 saturated carbocycles. The van der Waals surface area contributed by atoms with Crippen LogP contribution in [0.2, 0.25) is 0 Å². The number of amides is 1. The van der Waals surface area contributed by atoms with Crippen LogP contribution in [0.25, 0.3) is 17.0 Å². The molecule has 1 aromatic carbocycles. The van der Waals surface area contributed by atoms with Crippen LogP contribution in [0.4, 0.5) is 13.2 Å². The number of benzene rings is 1. The fourth-order valence-corrected chi connectivity index (χ4v) is 3.71. The molecule has 0 bridgehead atoms. The third kappa shape index (κ3) is 3.81. The highest BCUT2D eigenvalue weighted by Crippen LogP contribution is 2.32. The number of carbonyl (C=O) groups is 1. The largest absolute Gasteiger partial charge is 0.433 e. The summed E-state index contributed by atoms with van der Waals surface area (Å²) in [6, 6.07) is 9.50. The van der Waals surface area contributed by atoms with Gasteiger partial charge in [-0.3, -0.25) is 4.79 Å². The van der Waals surface area contributed by atoms with Gasteiger partial charge in [-0.2, -0.15) is 22.7 Å². The van der Waals surface area contributed by atoms with Crippen LogP contribution in [0.3, 0.4) is 0 Å². The standard InChI is InChI=1S/C20H20F3N5O/c1-27(14-10-6-3-7-11-14)18(29)17-25-19-24-15(13-8-4-2-5-9-13)12-16(20(21,22)23)28(19)26-17/h2,4-5,8-9,12,14H,3,6-7,10-11H2,1H3. The Hall–Kier alpha value is -2.97. The molecule has 0 spiro atoms. The highest BCUT2D eigenvalue weighted by molar-refractivity contribution is 5.91. The minimum atomic E-state index is -4.67. The summed E-state index contributed by atoms with van der Waals surface area (Å²) in [6.07, 6.45) is 0.266. The third-order valence-corrected chi connectivity index (χ3v) is 5.31. The molecule has 0 aliphatic heterocycles. The van der Waals surface area contributed by atoms with Crippen molar-refractivity contribution in [3.05, 3.63) is 47.9 Å². The maximum atomic E-state index is 13.7. The Morgan fingerprint density at radius 2 is 1.79 bits per heavy atom. The smallest absolute Gasteiger partial charge is 0.336 e. The van der Waals surface area contributed by atoms with Gasteiger partial charge in [0.1, 0.15) is 0 Å². The lowest BCUT2D eigenvalue weighted by Gasteiger charge is -2.30. The number of hydrogen-bond acceptors (Lipinski definition) is 4. The summed E-state index contributed by atoms with van der Waals surface area (Å²) in [5, 5.41) is 3.86. The average molecular weight is 403 g/mol. The molecule has 0 N–H and O–H groups in total. The molecule has 9 heteroatoms. The predicted molar refractivity (Wildman–Crippen MR) is 100 cm³/mol. The van der Waals surface area contributed by atoms with Gasteiger partial charge < -0.3 is 4.90 Å². The number of aromatic nitrogens is 4. The van der Waals surface area contributed by atoms with E-state index in [-0.39, 0.29) is 23.3 Å². The number of halogens is 3. The van der Waals surface area contributed by atoms with E-state index >= 15 is 0 Å². The van der Waals surface area contributed by atoms with Crippen LogP contribution in [0.1, 0.15) is 48.4 Å². The summed E-state index contributed by atoms with van der Waals surface area (Å²) in [5.74, 6) is -1.02. The Morgan fingerprint density at radius 3 is 2.45 bits per heavy atom. The third-order valence-electron chi connectivity index (χ3n) is 5.31. The van der Waals surface area contributed by atoms with Crippen LogP contribution >= 0.6 is 0 Å². The van der Waals surface area contributed by atoms with E-state index in [2.05, 4.69) is 15.1 Å². The van der Waals surface area contributed by atoms with E-state index in [4.69, 9.17) is 0 Å². The SMILES string of the molecule is CN(C(=O)c1nc2nc(-c3ccccc3)cc(C(F)(F)F)n2n1)C1CCCCC1. The Kier molecular flexibility index (Phi) is 4.97. The second kappa shape index (κ2) is 7.46. The van der Waals surface area contributed by atoms with Crippen molar-refractivity contribution in [3.8, 4) is 11.3 Å².